The maximum absolute atomic E-state index is 13.0. The van der Waals surface area contributed by atoms with E-state index in [0.29, 0.717) is 37.6 Å². The number of benzene rings is 2. The van der Waals surface area contributed by atoms with Crippen LogP contribution >= 0.6 is 11.3 Å². The van der Waals surface area contributed by atoms with E-state index in [-0.39, 0.29) is 12.5 Å². The van der Waals surface area contributed by atoms with Crippen molar-refractivity contribution in [2.24, 2.45) is 0 Å². The summed E-state index contributed by atoms with van der Waals surface area (Å²) < 4.78 is 45.3. The van der Waals surface area contributed by atoms with Crippen molar-refractivity contribution >= 4 is 38.3 Å². The van der Waals surface area contributed by atoms with E-state index in [1.54, 1.807) is 18.1 Å². The van der Waals surface area contributed by atoms with Crippen LogP contribution in [0, 0.1) is 0 Å². The van der Waals surface area contributed by atoms with Crippen molar-refractivity contribution in [3.8, 4) is 5.75 Å². The molecule has 0 aliphatic carbocycles. The number of methoxy groups -OCH3 is 1. The summed E-state index contributed by atoms with van der Waals surface area (Å²) in [5, 5.41) is 0.723. The third-order valence-corrected chi connectivity index (χ3v) is 6.60. The molecule has 0 spiro atoms. The first-order chi connectivity index (χ1) is 15.3. The highest BCUT2D eigenvalue weighted by atomic mass is 32.1. The number of hydrogen-bond acceptors (Lipinski definition) is 6. The normalized spacial score (nSPS) is 14.7. The molecule has 6 nitrogen and oxygen atoms in total. The summed E-state index contributed by atoms with van der Waals surface area (Å²) in [6.07, 6.45) is -4.37. The second-order valence-corrected chi connectivity index (χ2v) is 8.58. The SMILES string of the molecule is COc1cccc2sc(N(C)CC(=O)N3CCN(c4cccc(C(F)(F)F)c4)CC3)nc12. The number of thiazole rings is 1. The number of fused-ring (bicyclic) bond motifs is 1. The van der Waals surface area contributed by atoms with Gasteiger partial charge in [-0.3, -0.25) is 4.79 Å². The Bertz CT molecular complexity index is 1110. The number of rotatable bonds is 5. The molecule has 0 unspecified atom stereocenters. The predicted octanol–water partition coefficient (Wildman–Crippen LogP) is 4.11. The van der Waals surface area contributed by atoms with Crippen LogP contribution in [0.4, 0.5) is 24.0 Å². The molecule has 1 amide bonds. The Kier molecular flexibility index (Phi) is 6.14. The molecule has 1 aliphatic heterocycles. The molecule has 10 heteroatoms. The van der Waals surface area contributed by atoms with E-state index < -0.39 is 11.7 Å². The molecule has 2 heterocycles. The lowest BCUT2D eigenvalue weighted by atomic mass is 10.1. The predicted molar refractivity (Wildman–Crippen MR) is 120 cm³/mol. The number of hydrogen-bond donors (Lipinski definition) is 0. The monoisotopic (exact) mass is 464 g/mol. The summed E-state index contributed by atoms with van der Waals surface area (Å²) >= 11 is 1.49. The van der Waals surface area contributed by atoms with E-state index in [1.807, 2.05) is 35.0 Å². The fourth-order valence-electron chi connectivity index (χ4n) is 3.70. The molecule has 0 N–H and O–H groups in total. The number of nitrogens with zero attached hydrogens (tertiary/aromatic N) is 4. The molecule has 3 aromatic rings. The minimum absolute atomic E-state index is 0.0394. The number of alkyl halides is 3. The van der Waals surface area contributed by atoms with E-state index in [9.17, 15) is 18.0 Å². The van der Waals surface area contributed by atoms with Gasteiger partial charge >= 0.3 is 6.18 Å². The summed E-state index contributed by atoms with van der Waals surface area (Å²) in [6, 6.07) is 11.0. The van der Waals surface area contributed by atoms with Crippen molar-refractivity contribution < 1.29 is 22.7 Å². The lowest BCUT2D eigenvalue weighted by Gasteiger charge is -2.37. The lowest BCUT2D eigenvalue weighted by molar-refractivity contribution is -0.137. The Balaban J connectivity index is 1.37. The number of halogens is 3. The van der Waals surface area contributed by atoms with Gasteiger partial charge in [-0.1, -0.05) is 23.5 Å². The highest BCUT2D eigenvalue weighted by molar-refractivity contribution is 7.22. The van der Waals surface area contributed by atoms with Gasteiger partial charge in [0.25, 0.3) is 0 Å². The zero-order chi connectivity index (χ0) is 22.9. The lowest BCUT2D eigenvalue weighted by Crippen LogP contribution is -2.51. The van der Waals surface area contributed by atoms with Gasteiger partial charge < -0.3 is 19.4 Å². The van der Waals surface area contributed by atoms with Crippen LogP contribution in [0.5, 0.6) is 5.75 Å². The number of anilines is 2. The Morgan fingerprint density at radius 2 is 1.88 bits per heavy atom. The molecule has 4 rings (SSSR count). The van der Waals surface area contributed by atoms with Crippen LogP contribution < -0.4 is 14.5 Å². The molecular weight excluding hydrogens is 441 g/mol. The Labute approximate surface area is 187 Å². The molecule has 2 aromatic carbocycles. The largest absolute Gasteiger partial charge is 0.494 e. The van der Waals surface area contributed by atoms with Gasteiger partial charge in [0.2, 0.25) is 5.91 Å². The molecule has 1 aliphatic rings. The van der Waals surface area contributed by atoms with Gasteiger partial charge in [0, 0.05) is 38.9 Å². The quantitative estimate of drug-likeness (QED) is 0.569. The fraction of sp³-hybridized carbons (Fsp3) is 0.364. The van der Waals surface area contributed by atoms with Crippen molar-refractivity contribution in [3.63, 3.8) is 0 Å². The van der Waals surface area contributed by atoms with Crippen LogP contribution in [0.15, 0.2) is 42.5 Å². The molecule has 1 fully saturated rings. The van der Waals surface area contributed by atoms with Crippen LogP contribution in [0.25, 0.3) is 10.2 Å². The zero-order valence-corrected chi connectivity index (χ0v) is 18.5. The van der Waals surface area contributed by atoms with Crippen molar-refractivity contribution in [2.45, 2.75) is 6.18 Å². The highest BCUT2D eigenvalue weighted by Gasteiger charge is 2.31. The standard InChI is InChI=1S/C22H23F3N4O2S/c1-27(21-26-20-17(31-2)7-4-8-18(20)32-21)14-19(30)29-11-9-28(10-12-29)16-6-3-5-15(13-16)22(23,24)25/h3-8,13H,9-12,14H2,1-2H3. The van der Waals surface area contributed by atoms with Crippen LogP contribution in [0.1, 0.15) is 5.56 Å². The second kappa shape index (κ2) is 8.85. The van der Waals surface area contributed by atoms with Crippen molar-refractivity contribution in [1.82, 2.24) is 9.88 Å². The summed E-state index contributed by atoms with van der Waals surface area (Å²) in [4.78, 5) is 22.9. The van der Waals surface area contributed by atoms with Gasteiger partial charge in [0.15, 0.2) is 5.13 Å². The number of carbonyl (C=O) groups excluding carboxylic acids is 1. The molecule has 0 bridgehead atoms. The maximum Gasteiger partial charge on any atom is 0.416 e. The minimum atomic E-state index is -4.37. The molecule has 1 saturated heterocycles. The average Bonchev–Trinajstić information content (AvgIpc) is 3.23. The van der Waals surface area contributed by atoms with Crippen molar-refractivity contribution in [1.29, 1.82) is 0 Å². The average molecular weight is 465 g/mol. The van der Waals surface area contributed by atoms with Crippen LogP contribution in [0.2, 0.25) is 0 Å². The topological polar surface area (TPSA) is 48.9 Å². The van der Waals surface area contributed by atoms with Gasteiger partial charge in [-0.15, -0.1) is 0 Å². The first-order valence-corrected chi connectivity index (χ1v) is 10.9. The molecular formula is C22H23F3N4O2S. The Morgan fingerprint density at radius 1 is 1.16 bits per heavy atom. The van der Waals surface area contributed by atoms with Crippen molar-refractivity contribution in [2.75, 3.05) is 56.7 Å². The van der Waals surface area contributed by atoms with Crippen LogP contribution in [-0.4, -0.2) is 62.7 Å². The number of carbonyl (C=O) groups is 1. The third-order valence-electron chi connectivity index (χ3n) is 5.46. The number of ether oxygens (including phenoxy) is 1. The molecule has 0 saturated carbocycles. The number of aromatic nitrogens is 1. The number of para-hydroxylation sites is 1. The van der Waals surface area contributed by atoms with E-state index in [2.05, 4.69) is 4.98 Å². The number of likely N-dealkylation sites (N-methyl/N-ethyl adjacent to an activating group) is 1. The zero-order valence-electron chi connectivity index (χ0n) is 17.7. The molecule has 0 atom stereocenters. The minimum Gasteiger partial charge on any atom is -0.494 e. The summed E-state index contributed by atoms with van der Waals surface area (Å²) in [6.45, 7) is 2.04. The van der Waals surface area contributed by atoms with Gasteiger partial charge in [-0.05, 0) is 30.3 Å². The summed E-state index contributed by atoms with van der Waals surface area (Å²) in [5.74, 6) is 0.651. The third kappa shape index (κ3) is 4.59. The number of piperazine rings is 1. The Morgan fingerprint density at radius 3 is 2.56 bits per heavy atom. The fourth-order valence-corrected chi connectivity index (χ4v) is 4.65. The van der Waals surface area contributed by atoms with Crippen molar-refractivity contribution in [3.05, 3.63) is 48.0 Å². The first kappa shape index (κ1) is 22.2. The number of amides is 1. The van der Waals surface area contributed by atoms with Gasteiger partial charge in [-0.25, -0.2) is 4.98 Å². The van der Waals surface area contributed by atoms with Crippen LogP contribution in [-0.2, 0) is 11.0 Å². The Hall–Kier alpha value is -3.01. The summed E-state index contributed by atoms with van der Waals surface area (Å²) in [7, 11) is 3.42. The van der Waals surface area contributed by atoms with Gasteiger partial charge in [0.05, 0.1) is 23.9 Å². The van der Waals surface area contributed by atoms with Gasteiger partial charge in [0.1, 0.15) is 11.3 Å². The van der Waals surface area contributed by atoms with E-state index >= 15 is 0 Å². The highest BCUT2D eigenvalue weighted by Crippen LogP contribution is 2.34. The molecule has 32 heavy (non-hydrogen) atoms. The first-order valence-electron chi connectivity index (χ1n) is 10.1. The maximum atomic E-state index is 13.0. The second-order valence-electron chi connectivity index (χ2n) is 7.58. The smallest absolute Gasteiger partial charge is 0.416 e. The van der Waals surface area contributed by atoms with E-state index in [0.717, 1.165) is 27.5 Å². The summed E-state index contributed by atoms with van der Waals surface area (Å²) in [5.41, 5.74) is 0.624. The van der Waals surface area contributed by atoms with Crippen LogP contribution in [0.3, 0.4) is 0 Å². The molecule has 0 radical (unpaired) electrons. The molecule has 1 aromatic heterocycles. The van der Waals surface area contributed by atoms with Gasteiger partial charge in [-0.2, -0.15) is 13.2 Å². The van der Waals surface area contributed by atoms with E-state index in [4.69, 9.17) is 4.74 Å². The van der Waals surface area contributed by atoms with E-state index in [1.165, 1.54) is 17.4 Å². The molecule has 170 valence electrons.